The summed E-state index contributed by atoms with van der Waals surface area (Å²) in [5.41, 5.74) is -1.89. The van der Waals surface area contributed by atoms with Crippen LogP contribution in [0.3, 0.4) is 0 Å². The molecule has 0 aliphatic carbocycles. The average molecular weight is 297 g/mol. The van der Waals surface area contributed by atoms with E-state index >= 15 is 0 Å². The third-order valence-electron chi connectivity index (χ3n) is 3.23. The van der Waals surface area contributed by atoms with E-state index in [0.717, 1.165) is 0 Å². The maximum Gasteiger partial charge on any atom is 0.410 e. The third-order valence-corrected chi connectivity index (χ3v) is 3.23. The molecule has 0 bridgehead atoms. The Morgan fingerprint density at radius 1 is 1.38 bits per heavy atom. The first-order valence-corrected chi connectivity index (χ1v) is 6.69. The third kappa shape index (κ3) is 3.26. The van der Waals surface area contributed by atoms with Gasteiger partial charge in [0.1, 0.15) is 22.8 Å². The van der Waals surface area contributed by atoms with E-state index in [9.17, 15) is 14.3 Å². The number of likely N-dealkylation sites (tertiary alicyclic amines) is 1. The number of carbonyl (C=O) groups is 1. The average Bonchev–Trinajstić information content (AvgIpc) is 2.33. The van der Waals surface area contributed by atoms with Crippen molar-refractivity contribution in [2.45, 2.75) is 32.0 Å². The van der Waals surface area contributed by atoms with Gasteiger partial charge in [-0.15, -0.1) is 0 Å². The number of hydrogen-bond acceptors (Lipinski definition) is 4. The Hall–Kier alpha value is -1.82. The zero-order valence-corrected chi connectivity index (χ0v) is 12.6. The molecule has 1 aromatic carbocycles. The van der Waals surface area contributed by atoms with Gasteiger partial charge in [-0.3, -0.25) is 0 Å². The lowest BCUT2D eigenvalue weighted by Crippen LogP contribution is -2.62. The topological polar surface area (TPSA) is 59.0 Å². The smallest absolute Gasteiger partial charge is 0.410 e. The van der Waals surface area contributed by atoms with Crippen LogP contribution in [0.5, 0.6) is 5.75 Å². The maximum atomic E-state index is 13.9. The molecule has 1 heterocycles. The summed E-state index contributed by atoms with van der Waals surface area (Å²) in [5, 5.41) is 10.5. The molecule has 2 rings (SSSR count). The summed E-state index contributed by atoms with van der Waals surface area (Å²) >= 11 is 0. The van der Waals surface area contributed by atoms with E-state index in [1.807, 2.05) is 0 Å². The zero-order chi connectivity index (χ0) is 15.8. The highest BCUT2D eigenvalue weighted by atomic mass is 19.1. The van der Waals surface area contributed by atoms with Gasteiger partial charge in [-0.05, 0) is 39.0 Å². The highest BCUT2D eigenvalue weighted by molar-refractivity contribution is 5.70. The summed E-state index contributed by atoms with van der Waals surface area (Å²) in [7, 11) is 1.47. The van der Waals surface area contributed by atoms with E-state index < -0.39 is 23.1 Å². The largest absolute Gasteiger partial charge is 0.497 e. The van der Waals surface area contributed by atoms with E-state index in [0.29, 0.717) is 5.75 Å². The van der Waals surface area contributed by atoms with Crippen molar-refractivity contribution in [2.24, 2.45) is 0 Å². The molecule has 0 radical (unpaired) electrons. The van der Waals surface area contributed by atoms with Crippen molar-refractivity contribution >= 4 is 6.09 Å². The molecule has 1 saturated heterocycles. The summed E-state index contributed by atoms with van der Waals surface area (Å²) in [4.78, 5) is 13.2. The van der Waals surface area contributed by atoms with Crippen molar-refractivity contribution in [2.75, 3.05) is 20.2 Å². The lowest BCUT2D eigenvalue weighted by Gasteiger charge is -2.46. The molecule has 0 spiro atoms. The number of amides is 1. The highest BCUT2D eigenvalue weighted by Crippen LogP contribution is 2.36. The molecule has 1 fully saturated rings. The summed E-state index contributed by atoms with van der Waals surface area (Å²) in [6.07, 6.45) is -0.518. The Morgan fingerprint density at radius 3 is 2.52 bits per heavy atom. The second kappa shape index (κ2) is 5.18. The van der Waals surface area contributed by atoms with E-state index in [-0.39, 0.29) is 18.7 Å². The van der Waals surface area contributed by atoms with Gasteiger partial charge in [0.05, 0.1) is 20.2 Å². The molecular formula is C15H20FNO4. The van der Waals surface area contributed by atoms with Crippen molar-refractivity contribution < 1.29 is 23.8 Å². The fourth-order valence-electron chi connectivity index (χ4n) is 2.20. The van der Waals surface area contributed by atoms with E-state index in [2.05, 4.69) is 0 Å². The van der Waals surface area contributed by atoms with Crippen LogP contribution in [0.15, 0.2) is 18.2 Å². The molecule has 0 aromatic heterocycles. The fraction of sp³-hybridized carbons (Fsp3) is 0.533. The molecule has 1 N–H and O–H groups in total. The Labute approximate surface area is 123 Å². The maximum absolute atomic E-state index is 13.9. The highest BCUT2D eigenvalue weighted by Gasteiger charge is 2.48. The van der Waals surface area contributed by atoms with Crippen LogP contribution in [0, 0.1) is 5.82 Å². The number of nitrogens with zero attached hydrogens (tertiary/aromatic N) is 1. The second-order valence-corrected chi connectivity index (χ2v) is 6.21. The first kappa shape index (κ1) is 15.6. The minimum atomic E-state index is -1.41. The number of β-amino-alcohol motifs (C(OH)–C–C–N with tert-alkyl or cyclic N) is 1. The van der Waals surface area contributed by atoms with Crippen LogP contribution in [0.1, 0.15) is 26.3 Å². The number of rotatable bonds is 2. The van der Waals surface area contributed by atoms with Crippen molar-refractivity contribution in [3.63, 3.8) is 0 Å². The van der Waals surface area contributed by atoms with Crippen molar-refractivity contribution in [1.29, 1.82) is 0 Å². The van der Waals surface area contributed by atoms with Gasteiger partial charge in [-0.1, -0.05) is 0 Å². The summed E-state index contributed by atoms with van der Waals surface area (Å²) in [5.74, 6) is -0.0716. The first-order valence-electron chi connectivity index (χ1n) is 6.69. The van der Waals surface area contributed by atoms with E-state index in [1.54, 1.807) is 20.8 Å². The van der Waals surface area contributed by atoms with Gasteiger partial charge in [0.25, 0.3) is 0 Å². The van der Waals surface area contributed by atoms with Gasteiger partial charge in [-0.2, -0.15) is 0 Å². The normalized spacial score (nSPS) is 17.1. The molecule has 6 heteroatoms. The first-order chi connectivity index (χ1) is 9.64. The molecule has 1 aromatic rings. The van der Waals surface area contributed by atoms with Gasteiger partial charge in [0.2, 0.25) is 0 Å². The number of ether oxygens (including phenoxy) is 2. The molecule has 1 amide bonds. The zero-order valence-electron chi connectivity index (χ0n) is 12.6. The van der Waals surface area contributed by atoms with Gasteiger partial charge >= 0.3 is 6.09 Å². The molecule has 1 aliphatic heterocycles. The predicted octanol–water partition coefficient (Wildman–Crippen LogP) is 2.27. The monoisotopic (exact) mass is 297 g/mol. The van der Waals surface area contributed by atoms with Crippen LogP contribution >= 0.6 is 0 Å². The number of hydrogen-bond donors (Lipinski definition) is 1. The van der Waals surface area contributed by atoms with Gasteiger partial charge in [-0.25, -0.2) is 9.18 Å². The van der Waals surface area contributed by atoms with Gasteiger partial charge in [0, 0.05) is 5.56 Å². The lowest BCUT2D eigenvalue weighted by molar-refractivity contribution is -0.105. The van der Waals surface area contributed by atoms with Crippen molar-refractivity contribution in [3.05, 3.63) is 29.6 Å². The summed E-state index contributed by atoms with van der Waals surface area (Å²) < 4.78 is 24.1. The second-order valence-electron chi connectivity index (χ2n) is 6.21. The van der Waals surface area contributed by atoms with Crippen LogP contribution in [-0.4, -0.2) is 41.9 Å². The van der Waals surface area contributed by atoms with Crippen molar-refractivity contribution in [1.82, 2.24) is 4.90 Å². The molecule has 116 valence electrons. The molecule has 0 atom stereocenters. The number of benzene rings is 1. The van der Waals surface area contributed by atoms with Crippen LogP contribution in [0.4, 0.5) is 9.18 Å². The fourth-order valence-corrected chi connectivity index (χ4v) is 2.20. The van der Waals surface area contributed by atoms with Crippen LogP contribution in [-0.2, 0) is 10.3 Å². The number of carbonyl (C=O) groups excluding carboxylic acids is 1. The van der Waals surface area contributed by atoms with Crippen molar-refractivity contribution in [3.8, 4) is 5.75 Å². The Balaban J connectivity index is 2.09. The van der Waals surface area contributed by atoms with Crippen LogP contribution in [0.25, 0.3) is 0 Å². The molecule has 1 aliphatic rings. The van der Waals surface area contributed by atoms with Gasteiger partial charge in [0.15, 0.2) is 0 Å². The van der Waals surface area contributed by atoms with Crippen LogP contribution in [0.2, 0.25) is 0 Å². The van der Waals surface area contributed by atoms with Gasteiger partial charge < -0.3 is 19.5 Å². The predicted molar refractivity (Wildman–Crippen MR) is 74.7 cm³/mol. The Morgan fingerprint density at radius 2 is 2.00 bits per heavy atom. The number of methoxy groups -OCH3 is 1. The Bertz CT molecular complexity index is 547. The van der Waals surface area contributed by atoms with E-state index in [4.69, 9.17) is 9.47 Å². The standard InChI is InChI=1S/C15H20FNO4/c1-14(2,3)21-13(18)17-8-15(19,9-17)11-7-10(20-4)5-6-12(11)16/h5-7,19H,8-9H2,1-4H3. The minimum absolute atomic E-state index is 0.00794. The van der Waals surface area contributed by atoms with Crippen LogP contribution < -0.4 is 4.74 Å². The molecule has 0 saturated carbocycles. The molecule has 0 unspecified atom stereocenters. The van der Waals surface area contributed by atoms with E-state index in [1.165, 1.54) is 30.2 Å². The number of halogens is 1. The SMILES string of the molecule is COc1ccc(F)c(C2(O)CN(C(=O)OC(C)(C)C)C2)c1. The summed E-state index contributed by atoms with van der Waals surface area (Å²) in [6, 6.07) is 4.16. The molecular weight excluding hydrogens is 277 g/mol. The summed E-state index contributed by atoms with van der Waals surface area (Å²) in [6.45, 7) is 5.27. The number of aliphatic hydroxyl groups is 1. The lowest BCUT2D eigenvalue weighted by atomic mass is 9.86. The molecule has 21 heavy (non-hydrogen) atoms. The minimum Gasteiger partial charge on any atom is -0.497 e. The Kier molecular flexibility index (Phi) is 3.84. The molecule has 5 nitrogen and oxygen atoms in total. The quantitative estimate of drug-likeness (QED) is 0.910.